The van der Waals surface area contributed by atoms with Crippen LogP contribution in [0.1, 0.15) is 43.7 Å². The second-order valence-corrected chi connectivity index (χ2v) is 9.31. The maximum absolute atomic E-state index is 12.7. The van der Waals surface area contributed by atoms with Crippen LogP contribution in [0.2, 0.25) is 0 Å². The molecule has 1 aromatic carbocycles. The Morgan fingerprint density at radius 3 is 2.68 bits per heavy atom. The van der Waals surface area contributed by atoms with Crippen molar-refractivity contribution in [2.75, 3.05) is 26.2 Å². The number of sulfonamides is 1. The fourth-order valence-electron chi connectivity index (χ4n) is 3.88. The first-order chi connectivity index (χ1) is 13.4. The van der Waals surface area contributed by atoms with Crippen molar-refractivity contribution in [3.8, 4) is 5.75 Å². The molecule has 5 nitrogen and oxygen atoms in total. The molecule has 28 heavy (non-hydrogen) atoms. The molecule has 1 heterocycles. The van der Waals surface area contributed by atoms with Gasteiger partial charge in [0.25, 0.3) is 0 Å². The second-order valence-electron chi connectivity index (χ2n) is 7.49. The first-order valence-corrected chi connectivity index (χ1v) is 11.4. The van der Waals surface area contributed by atoms with Crippen LogP contribution < -0.4 is 9.46 Å². The summed E-state index contributed by atoms with van der Waals surface area (Å²) in [4.78, 5) is 2.78. The minimum atomic E-state index is -3.53. The van der Waals surface area contributed by atoms with E-state index < -0.39 is 16.6 Å². The van der Waals surface area contributed by atoms with Crippen LogP contribution in [0.4, 0.5) is 8.78 Å². The van der Waals surface area contributed by atoms with Crippen LogP contribution in [0.25, 0.3) is 6.08 Å². The molecule has 156 valence electrons. The van der Waals surface area contributed by atoms with Crippen molar-refractivity contribution in [2.24, 2.45) is 5.92 Å². The topological polar surface area (TPSA) is 58.6 Å². The number of nitrogens with zero attached hydrogens (tertiary/aromatic N) is 1. The number of rotatable bonds is 8. The number of nitrogens with one attached hydrogen (secondary N) is 1. The number of aryl methyl sites for hydroxylation is 1. The van der Waals surface area contributed by atoms with E-state index in [1.165, 1.54) is 6.07 Å². The Labute approximate surface area is 165 Å². The maximum atomic E-state index is 12.7. The van der Waals surface area contributed by atoms with Gasteiger partial charge in [-0.3, -0.25) is 0 Å². The van der Waals surface area contributed by atoms with Gasteiger partial charge < -0.3 is 9.64 Å². The summed E-state index contributed by atoms with van der Waals surface area (Å²) in [6.07, 6.45) is 5.64. The van der Waals surface area contributed by atoms with Gasteiger partial charge >= 0.3 is 6.61 Å². The standard InChI is InChI=1S/C20H28F2N2O3S/c1-2-9-24-10-7-15(8-11-24)14-23-28(25,26)19-6-4-16-12-18(27-20(21)22)5-3-17(16)13-19/h3,5,12-13,15,20,23H,2,4,6-11,14H2,1H3. The number of likely N-dealkylation sites (tertiary alicyclic amines) is 1. The molecule has 0 aromatic heterocycles. The number of hydrogen-bond acceptors (Lipinski definition) is 4. The molecule has 1 aliphatic heterocycles. The third kappa shape index (κ3) is 5.52. The van der Waals surface area contributed by atoms with E-state index in [0.717, 1.165) is 50.0 Å². The molecular weight excluding hydrogens is 386 g/mol. The predicted molar refractivity (Wildman–Crippen MR) is 106 cm³/mol. The molecule has 0 unspecified atom stereocenters. The smallest absolute Gasteiger partial charge is 0.387 e. The SMILES string of the molecule is CCCN1CCC(CNS(=O)(=O)C2=Cc3ccc(OC(F)F)cc3CC2)CC1. The Morgan fingerprint density at radius 2 is 2.00 bits per heavy atom. The molecule has 1 aromatic rings. The summed E-state index contributed by atoms with van der Waals surface area (Å²) in [6, 6.07) is 4.62. The molecule has 0 spiro atoms. The number of alkyl halides is 2. The summed E-state index contributed by atoms with van der Waals surface area (Å²) < 4.78 is 57.3. The van der Waals surface area contributed by atoms with E-state index in [-0.39, 0.29) is 5.75 Å². The normalized spacial score (nSPS) is 18.8. The Balaban J connectivity index is 1.59. The van der Waals surface area contributed by atoms with Gasteiger partial charge in [-0.05, 0) is 87.0 Å². The van der Waals surface area contributed by atoms with Crippen molar-refractivity contribution in [3.63, 3.8) is 0 Å². The first kappa shape index (κ1) is 21.2. The van der Waals surface area contributed by atoms with Gasteiger partial charge in [0.05, 0.1) is 4.91 Å². The predicted octanol–water partition coefficient (Wildman–Crippen LogP) is 3.62. The van der Waals surface area contributed by atoms with E-state index in [0.29, 0.717) is 30.2 Å². The fraction of sp³-hybridized carbons (Fsp3) is 0.600. The average Bonchev–Trinajstić information content (AvgIpc) is 2.67. The highest BCUT2D eigenvalue weighted by molar-refractivity contribution is 7.93. The van der Waals surface area contributed by atoms with Gasteiger partial charge in [-0.1, -0.05) is 13.0 Å². The Kier molecular flexibility index (Phi) is 7.06. The van der Waals surface area contributed by atoms with Gasteiger partial charge in [-0.2, -0.15) is 8.78 Å². The monoisotopic (exact) mass is 414 g/mol. The largest absolute Gasteiger partial charge is 0.435 e. The number of benzene rings is 1. The van der Waals surface area contributed by atoms with Crippen LogP contribution in [-0.2, 0) is 16.4 Å². The van der Waals surface area contributed by atoms with E-state index in [1.807, 2.05) is 0 Å². The number of fused-ring (bicyclic) bond motifs is 1. The Morgan fingerprint density at radius 1 is 1.25 bits per heavy atom. The fourth-order valence-corrected chi connectivity index (χ4v) is 5.18. The zero-order valence-electron chi connectivity index (χ0n) is 16.2. The minimum absolute atomic E-state index is 0.0981. The van der Waals surface area contributed by atoms with E-state index in [4.69, 9.17) is 0 Å². The van der Waals surface area contributed by atoms with Gasteiger partial charge in [0, 0.05) is 6.54 Å². The molecule has 0 amide bonds. The zero-order valence-corrected chi connectivity index (χ0v) is 17.0. The van der Waals surface area contributed by atoms with Crippen LogP contribution in [0.3, 0.4) is 0 Å². The number of ether oxygens (including phenoxy) is 1. The van der Waals surface area contributed by atoms with Gasteiger partial charge in [-0.15, -0.1) is 0 Å². The number of hydrogen-bond donors (Lipinski definition) is 1. The zero-order chi connectivity index (χ0) is 20.1. The molecule has 2 aliphatic rings. The minimum Gasteiger partial charge on any atom is -0.435 e. The van der Waals surface area contributed by atoms with Crippen molar-refractivity contribution in [2.45, 2.75) is 45.6 Å². The van der Waals surface area contributed by atoms with Crippen molar-refractivity contribution in [1.29, 1.82) is 0 Å². The molecule has 1 fully saturated rings. The van der Waals surface area contributed by atoms with Crippen molar-refractivity contribution in [3.05, 3.63) is 34.2 Å². The van der Waals surface area contributed by atoms with Gasteiger partial charge in [0.1, 0.15) is 5.75 Å². The molecule has 0 radical (unpaired) electrons. The summed E-state index contributed by atoms with van der Waals surface area (Å²) >= 11 is 0. The van der Waals surface area contributed by atoms with Gasteiger partial charge in [-0.25, -0.2) is 13.1 Å². The van der Waals surface area contributed by atoms with Gasteiger partial charge in [0.2, 0.25) is 10.0 Å². The summed E-state index contributed by atoms with van der Waals surface area (Å²) in [5.74, 6) is 0.467. The van der Waals surface area contributed by atoms with Crippen LogP contribution in [0.5, 0.6) is 5.75 Å². The van der Waals surface area contributed by atoms with Crippen LogP contribution in [0, 0.1) is 5.92 Å². The quantitative estimate of drug-likeness (QED) is 0.706. The van der Waals surface area contributed by atoms with E-state index in [9.17, 15) is 17.2 Å². The highest BCUT2D eigenvalue weighted by Crippen LogP contribution is 2.30. The van der Waals surface area contributed by atoms with Crippen molar-refractivity contribution in [1.82, 2.24) is 9.62 Å². The van der Waals surface area contributed by atoms with Crippen LogP contribution in [0.15, 0.2) is 23.1 Å². The maximum Gasteiger partial charge on any atom is 0.387 e. The molecule has 1 aliphatic carbocycles. The highest BCUT2D eigenvalue weighted by atomic mass is 32.2. The average molecular weight is 415 g/mol. The third-order valence-corrected chi connectivity index (χ3v) is 7.01. The molecule has 0 saturated carbocycles. The summed E-state index contributed by atoms with van der Waals surface area (Å²) in [5, 5.41) is 0. The Hall–Kier alpha value is -1.51. The van der Waals surface area contributed by atoms with E-state index in [1.54, 1.807) is 18.2 Å². The molecule has 8 heteroatoms. The number of allylic oxidation sites excluding steroid dienone is 1. The van der Waals surface area contributed by atoms with Gasteiger partial charge in [0.15, 0.2) is 0 Å². The summed E-state index contributed by atoms with van der Waals surface area (Å²) in [7, 11) is -3.53. The number of piperidine rings is 1. The summed E-state index contributed by atoms with van der Waals surface area (Å²) in [5.41, 5.74) is 1.56. The van der Waals surface area contributed by atoms with Crippen LogP contribution >= 0.6 is 0 Å². The second kappa shape index (κ2) is 9.33. The summed E-state index contributed by atoms with van der Waals surface area (Å²) in [6.45, 7) is 2.93. The first-order valence-electron chi connectivity index (χ1n) is 9.87. The van der Waals surface area contributed by atoms with Crippen molar-refractivity contribution >= 4 is 16.1 Å². The van der Waals surface area contributed by atoms with E-state index >= 15 is 0 Å². The third-order valence-electron chi connectivity index (χ3n) is 5.45. The van der Waals surface area contributed by atoms with E-state index in [2.05, 4.69) is 21.3 Å². The molecule has 1 saturated heterocycles. The molecule has 1 N–H and O–H groups in total. The Bertz CT molecular complexity index is 804. The molecule has 0 bridgehead atoms. The lowest BCUT2D eigenvalue weighted by molar-refractivity contribution is -0.0498. The molecular formula is C20H28F2N2O3S. The highest BCUT2D eigenvalue weighted by Gasteiger charge is 2.25. The number of halogens is 2. The van der Waals surface area contributed by atoms with Crippen LogP contribution in [-0.4, -0.2) is 46.1 Å². The molecule has 0 atom stereocenters. The lowest BCUT2D eigenvalue weighted by Gasteiger charge is -2.31. The lowest BCUT2D eigenvalue weighted by atomic mass is 9.97. The van der Waals surface area contributed by atoms with Crippen molar-refractivity contribution < 1.29 is 21.9 Å². The molecule has 3 rings (SSSR count). The lowest BCUT2D eigenvalue weighted by Crippen LogP contribution is -2.39.